The van der Waals surface area contributed by atoms with Gasteiger partial charge in [-0.2, -0.15) is 0 Å². The van der Waals surface area contributed by atoms with Crippen molar-refractivity contribution in [3.05, 3.63) is 17.7 Å². The summed E-state index contributed by atoms with van der Waals surface area (Å²) in [5, 5.41) is 9.80. The van der Waals surface area contributed by atoms with Crippen molar-refractivity contribution in [3.63, 3.8) is 0 Å². The Balaban J connectivity index is 1.90. The van der Waals surface area contributed by atoms with Crippen molar-refractivity contribution >= 4 is 0 Å². The molecule has 1 aromatic rings. The maximum atomic E-state index is 9.80. The Bertz CT molecular complexity index is 401. The zero-order chi connectivity index (χ0) is 11.8. The minimum Gasteiger partial charge on any atom is -0.391 e. The number of aliphatic hydroxyl groups excluding tert-OH is 1. The summed E-state index contributed by atoms with van der Waals surface area (Å²) in [4.78, 5) is 7.02. The Morgan fingerprint density at radius 1 is 1.35 bits per heavy atom. The van der Waals surface area contributed by atoms with Crippen LogP contribution in [0.1, 0.15) is 43.2 Å². The molecular formula is C13H21N3O. The summed E-state index contributed by atoms with van der Waals surface area (Å²) in [6.07, 6.45) is 7.44. The highest BCUT2D eigenvalue weighted by Gasteiger charge is 2.28. The van der Waals surface area contributed by atoms with Gasteiger partial charge in [-0.25, -0.2) is 4.98 Å². The average Bonchev–Trinajstić information content (AvgIpc) is 2.72. The molecule has 2 aliphatic heterocycles. The van der Waals surface area contributed by atoms with Gasteiger partial charge in [0.2, 0.25) is 0 Å². The topological polar surface area (TPSA) is 41.3 Å². The van der Waals surface area contributed by atoms with Gasteiger partial charge in [-0.3, -0.25) is 4.90 Å². The molecule has 2 unspecified atom stereocenters. The molecule has 17 heavy (non-hydrogen) atoms. The number of hydrogen-bond donors (Lipinski definition) is 1. The Hall–Kier alpha value is -0.870. The van der Waals surface area contributed by atoms with Gasteiger partial charge in [0.15, 0.2) is 0 Å². The van der Waals surface area contributed by atoms with Gasteiger partial charge in [-0.15, -0.1) is 0 Å². The fourth-order valence-electron chi connectivity index (χ4n) is 3.12. The standard InChI is InChI=1S/C13H21N3O/c1-15-7-3-2-4-12(15)13-14-8-10-5-6-11(17)9-16(10)13/h8,11-12,17H,2-7,9H2,1H3. The maximum absolute atomic E-state index is 9.80. The normalized spacial score (nSPS) is 30.2. The van der Waals surface area contributed by atoms with Crippen molar-refractivity contribution in [2.24, 2.45) is 0 Å². The van der Waals surface area contributed by atoms with Gasteiger partial charge >= 0.3 is 0 Å². The molecule has 4 heteroatoms. The van der Waals surface area contributed by atoms with Crippen LogP contribution in [0.15, 0.2) is 6.20 Å². The number of imidazole rings is 1. The minimum atomic E-state index is -0.190. The van der Waals surface area contributed by atoms with Crippen LogP contribution in [-0.2, 0) is 13.0 Å². The molecule has 0 spiro atoms. The fourth-order valence-corrected chi connectivity index (χ4v) is 3.12. The molecule has 0 aliphatic carbocycles. The van der Waals surface area contributed by atoms with Gasteiger partial charge in [0.1, 0.15) is 5.82 Å². The van der Waals surface area contributed by atoms with Crippen molar-refractivity contribution in [2.45, 2.75) is 50.8 Å². The number of fused-ring (bicyclic) bond motifs is 1. The predicted octanol–water partition coefficient (Wildman–Crippen LogP) is 1.35. The Morgan fingerprint density at radius 2 is 2.24 bits per heavy atom. The SMILES string of the molecule is CN1CCCCC1c1ncc2n1CC(O)CC2. The number of aromatic nitrogens is 2. The van der Waals surface area contributed by atoms with Crippen LogP contribution in [0.5, 0.6) is 0 Å². The van der Waals surface area contributed by atoms with E-state index in [9.17, 15) is 5.11 Å². The number of hydrogen-bond acceptors (Lipinski definition) is 3. The molecule has 4 nitrogen and oxygen atoms in total. The molecule has 0 aromatic carbocycles. The molecule has 3 rings (SSSR count). The highest BCUT2D eigenvalue weighted by atomic mass is 16.3. The maximum Gasteiger partial charge on any atom is 0.126 e. The number of aliphatic hydroxyl groups is 1. The van der Waals surface area contributed by atoms with Crippen LogP contribution in [-0.4, -0.2) is 39.3 Å². The molecule has 0 radical (unpaired) electrons. The predicted molar refractivity (Wildman–Crippen MR) is 65.8 cm³/mol. The lowest BCUT2D eigenvalue weighted by molar-refractivity contribution is 0.121. The van der Waals surface area contributed by atoms with Gasteiger partial charge in [-0.05, 0) is 39.3 Å². The summed E-state index contributed by atoms with van der Waals surface area (Å²) < 4.78 is 2.25. The number of nitrogens with zero attached hydrogens (tertiary/aromatic N) is 3. The van der Waals surface area contributed by atoms with E-state index < -0.39 is 0 Å². The molecule has 94 valence electrons. The summed E-state index contributed by atoms with van der Waals surface area (Å²) in [6.45, 7) is 1.89. The van der Waals surface area contributed by atoms with Crippen molar-refractivity contribution in [2.75, 3.05) is 13.6 Å². The molecule has 1 N–H and O–H groups in total. The molecule has 2 atom stereocenters. The first kappa shape index (κ1) is 11.2. The summed E-state index contributed by atoms with van der Waals surface area (Å²) in [5.41, 5.74) is 1.30. The van der Waals surface area contributed by atoms with Crippen molar-refractivity contribution in [3.8, 4) is 0 Å². The smallest absolute Gasteiger partial charge is 0.126 e. The van der Waals surface area contributed by atoms with Crippen molar-refractivity contribution in [1.29, 1.82) is 0 Å². The van der Waals surface area contributed by atoms with Crippen LogP contribution >= 0.6 is 0 Å². The number of piperidine rings is 1. The van der Waals surface area contributed by atoms with Crippen LogP contribution in [0.2, 0.25) is 0 Å². The van der Waals surface area contributed by atoms with Gasteiger partial charge in [0.05, 0.1) is 18.7 Å². The van der Waals surface area contributed by atoms with E-state index in [1.165, 1.54) is 30.8 Å². The summed E-state index contributed by atoms with van der Waals surface area (Å²) in [5.74, 6) is 1.17. The summed E-state index contributed by atoms with van der Waals surface area (Å²) in [6, 6.07) is 0.447. The molecule has 2 aliphatic rings. The summed E-state index contributed by atoms with van der Waals surface area (Å²) >= 11 is 0. The molecule has 1 saturated heterocycles. The fraction of sp³-hybridized carbons (Fsp3) is 0.769. The first-order valence-corrected chi connectivity index (χ1v) is 6.68. The quantitative estimate of drug-likeness (QED) is 0.799. The molecule has 1 aromatic heterocycles. The Kier molecular flexibility index (Phi) is 2.92. The lowest BCUT2D eigenvalue weighted by Crippen LogP contribution is -2.33. The van der Waals surface area contributed by atoms with E-state index in [4.69, 9.17) is 0 Å². The van der Waals surface area contributed by atoms with Crippen LogP contribution in [0.4, 0.5) is 0 Å². The van der Waals surface area contributed by atoms with Crippen LogP contribution in [0, 0.1) is 0 Å². The van der Waals surface area contributed by atoms with E-state index in [-0.39, 0.29) is 6.10 Å². The molecule has 1 fully saturated rings. The van der Waals surface area contributed by atoms with Gasteiger partial charge in [0.25, 0.3) is 0 Å². The second kappa shape index (κ2) is 4.42. The number of rotatable bonds is 1. The lowest BCUT2D eigenvalue weighted by atomic mass is 10.0. The first-order valence-electron chi connectivity index (χ1n) is 6.68. The zero-order valence-corrected chi connectivity index (χ0v) is 10.5. The van der Waals surface area contributed by atoms with Gasteiger partial charge in [0, 0.05) is 11.9 Å². The van der Waals surface area contributed by atoms with Gasteiger partial charge < -0.3 is 9.67 Å². The van der Waals surface area contributed by atoms with Crippen LogP contribution in [0.25, 0.3) is 0 Å². The van der Waals surface area contributed by atoms with Crippen LogP contribution < -0.4 is 0 Å². The third-order valence-corrected chi connectivity index (χ3v) is 4.16. The van der Waals surface area contributed by atoms with E-state index in [1.54, 1.807) is 0 Å². The van der Waals surface area contributed by atoms with E-state index in [0.717, 1.165) is 25.9 Å². The second-order valence-corrected chi connectivity index (χ2v) is 5.40. The summed E-state index contributed by atoms with van der Waals surface area (Å²) in [7, 11) is 2.19. The lowest BCUT2D eigenvalue weighted by Gasteiger charge is -2.33. The monoisotopic (exact) mass is 235 g/mol. The average molecular weight is 235 g/mol. The van der Waals surface area contributed by atoms with Crippen molar-refractivity contribution < 1.29 is 5.11 Å². The molecule has 0 saturated carbocycles. The molecule has 0 bridgehead atoms. The Morgan fingerprint density at radius 3 is 3.06 bits per heavy atom. The number of aryl methyl sites for hydroxylation is 1. The molecule has 0 amide bonds. The third-order valence-electron chi connectivity index (χ3n) is 4.16. The van der Waals surface area contributed by atoms with E-state index in [0.29, 0.717) is 6.04 Å². The number of likely N-dealkylation sites (tertiary alicyclic amines) is 1. The second-order valence-electron chi connectivity index (χ2n) is 5.40. The van der Waals surface area contributed by atoms with Crippen LogP contribution in [0.3, 0.4) is 0 Å². The third kappa shape index (κ3) is 2.00. The van der Waals surface area contributed by atoms with Crippen molar-refractivity contribution in [1.82, 2.24) is 14.5 Å². The highest BCUT2D eigenvalue weighted by Crippen LogP contribution is 2.30. The van der Waals surface area contributed by atoms with E-state index in [2.05, 4.69) is 21.5 Å². The molecule has 3 heterocycles. The minimum absolute atomic E-state index is 0.190. The van der Waals surface area contributed by atoms with Gasteiger partial charge in [-0.1, -0.05) is 6.42 Å². The largest absolute Gasteiger partial charge is 0.391 e. The van der Waals surface area contributed by atoms with E-state index in [1.807, 2.05) is 6.20 Å². The Labute approximate surface area is 102 Å². The molecular weight excluding hydrogens is 214 g/mol. The first-order chi connectivity index (χ1) is 8.25. The zero-order valence-electron chi connectivity index (χ0n) is 10.5. The highest BCUT2D eigenvalue weighted by molar-refractivity contribution is 5.12. The van der Waals surface area contributed by atoms with E-state index >= 15 is 0 Å².